The fraction of sp³-hybridized carbons (Fsp3) is 0.161. The average molecular weight is 450 g/mol. The van der Waals surface area contributed by atoms with E-state index in [0.717, 1.165) is 6.42 Å². The van der Waals surface area contributed by atoms with Crippen LogP contribution in [0.3, 0.4) is 0 Å². The number of aromatic nitrogens is 1. The number of rotatable bonds is 7. The molecule has 33 heavy (non-hydrogen) atoms. The van der Waals surface area contributed by atoms with Gasteiger partial charge in [0.1, 0.15) is 0 Å². The minimum absolute atomic E-state index is 1.11. The molecular weight excluding hydrogens is 417 g/mol. The van der Waals surface area contributed by atoms with Gasteiger partial charge in [-0.25, -0.2) is 0 Å². The number of aryl methyl sites for hydroxylation is 1. The van der Waals surface area contributed by atoms with E-state index >= 15 is 0 Å². The van der Waals surface area contributed by atoms with E-state index in [1.54, 1.807) is 0 Å². The summed E-state index contributed by atoms with van der Waals surface area (Å²) >= 11 is 0. The van der Waals surface area contributed by atoms with Crippen LogP contribution in [-0.4, -0.2) is 11.6 Å². The van der Waals surface area contributed by atoms with E-state index in [2.05, 4.69) is 134 Å². The third-order valence-electron chi connectivity index (χ3n) is 7.34. The van der Waals surface area contributed by atoms with Crippen molar-refractivity contribution >= 4 is 38.9 Å². The first kappa shape index (κ1) is 21.7. The standard InChI is InChI=1S/C31H32NP/c1-3-4-15-25-16-14-17-26-24-30(32-31(25)26)33(2,27-18-8-5-9-19-27,28-20-10-6-11-21-28)29-22-12-7-13-23-29/h5-14,16-24,32H,3-4,15H2,1-2H3. The molecule has 1 heterocycles. The molecule has 1 nitrogen and oxygen atoms in total. The molecule has 0 unspecified atom stereocenters. The molecule has 0 aliphatic rings. The fourth-order valence-electron chi connectivity index (χ4n) is 5.35. The van der Waals surface area contributed by atoms with Gasteiger partial charge >= 0.3 is 198 Å². The number of H-pyrrole nitrogens is 1. The molecule has 0 saturated carbocycles. The molecule has 0 saturated heterocycles. The van der Waals surface area contributed by atoms with Crippen molar-refractivity contribution in [2.45, 2.75) is 26.2 Å². The Morgan fingerprint density at radius 3 is 1.64 bits per heavy atom. The molecule has 4 aromatic carbocycles. The second kappa shape index (κ2) is 8.65. The van der Waals surface area contributed by atoms with E-state index in [1.807, 2.05) is 0 Å². The van der Waals surface area contributed by atoms with Gasteiger partial charge in [-0.05, 0) is 0 Å². The summed E-state index contributed by atoms with van der Waals surface area (Å²) in [6.07, 6.45) is 3.52. The zero-order valence-electron chi connectivity index (χ0n) is 19.5. The molecule has 0 radical (unpaired) electrons. The van der Waals surface area contributed by atoms with Crippen molar-refractivity contribution in [2.24, 2.45) is 0 Å². The zero-order valence-corrected chi connectivity index (χ0v) is 20.4. The molecule has 0 atom stereocenters. The summed E-state index contributed by atoms with van der Waals surface area (Å²) in [6.45, 7) is 1.76. The summed E-state index contributed by atoms with van der Waals surface area (Å²) in [4.78, 5) is 4.01. The van der Waals surface area contributed by atoms with E-state index in [1.165, 1.54) is 50.7 Å². The molecule has 0 aliphatic carbocycles. The molecule has 0 fully saturated rings. The van der Waals surface area contributed by atoms with Gasteiger partial charge in [0, 0.05) is 0 Å². The SMILES string of the molecule is CCCCc1cccc2cc(P(C)(c3ccccc3)(c3ccccc3)c3ccccc3)[nH]c12. The van der Waals surface area contributed by atoms with Crippen LogP contribution in [0.5, 0.6) is 0 Å². The third kappa shape index (κ3) is 3.35. The summed E-state index contributed by atoms with van der Waals surface area (Å²) in [5.74, 6) is 0. The maximum atomic E-state index is 4.01. The molecular formula is C31H32NP. The second-order valence-corrected chi connectivity index (χ2v) is 14.4. The molecule has 0 spiro atoms. The van der Waals surface area contributed by atoms with Crippen LogP contribution < -0.4 is 21.3 Å². The van der Waals surface area contributed by atoms with Gasteiger partial charge in [0.25, 0.3) is 0 Å². The fourth-order valence-corrected chi connectivity index (χ4v) is 10.7. The van der Waals surface area contributed by atoms with Crippen LogP contribution in [0.2, 0.25) is 0 Å². The molecule has 5 aromatic rings. The maximum absolute atomic E-state index is 4.01. The Kier molecular flexibility index (Phi) is 5.69. The van der Waals surface area contributed by atoms with Crippen molar-refractivity contribution in [1.82, 2.24) is 4.98 Å². The number of fused-ring (bicyclic) bond motifs is 1. The average Bonchev–Trinajstić information content (AvgIpc) is 3.35. The van der Waals surface area contributed by atoms with Crippen molar-refractivity contribution < 1.29 is 0 Å². The van der Waals surface area contributed by atoms with E-state index in [0.29, 0.717) is 0 Å². The number of aromatic amines is 1. The topological polar surface area (TPSA) is 15.8 Å². The van der Waals surface area contributed by atoms with Gasteiger partial charge in [0.2, 0.25) is 0 Å². The van der Waals surface area contributed by atoms with Crippen molar-refractivity contribution in [3.63, 3.8) is 0 Å². The number of benzene rings is 4. The van der Waals surface area contributed by atoms with Crippen LogP contribution in [0, 0.1) is 0 Å². The summed E-state index contributed by atoms with van der Waals surface area (Å²) < 4.78 is 0. The van der Waals surface area contributed by atoms with Gasteiger partial charge in [0.15, 0.2) is 0 Å². The van der Waals surface area contributed by atoms with E-state index in [-0.39, 0.29) is 0 Å². The van der Waals surface area contributed by atoms with Crippen LogP contribution in [0.15, 0.2) is 115 Å². The normalized spacial score (nSPS) is 13.0. The van der Waals surface area contributed by atoms with Gasteiger partial charge in [0.05, 0.1) is 0 Å². The predicted octanol–water partition coefficient (Wildman–Crippen LogP) is 6.30. The molecule has 1 N–H and O–H groups in total. The number of nitrogens with one attached hydrogen (secondary N) is 1. The molecule has 0 bridgehead atoms. The molecule has 1 aromatic heterocycles. The summed E-state index contributed by atoms with van der Waals surface area (Å²) in [7, 11) is 0. The Labute approximate surface area is 197 Å². The minimum atomic E-state index is -3.02. The van der Waals surface area contributed by atoms with Gasteiger partial charge < -0.3 is 0 Å². The third-order valence-corrected chi connectivity index (χ3v) is 13.5. The van der Waals surface area contributed by atoms with Crippen LogP contribution in [-0.2, 0) is 6.42 Å². The monoisotopic (exact) mass is 449 g/mol. The number of para-hydroxylation sites is 1. The predicted molar refractivity (Wildman–Crippen MR) is 148 cm³/mol. The number of unbranched alkanes of at least 4 members (excludes halogenated alkanes) is 1. The van der Waals surface area contributed by atoms with Gasteiger partial charge in [-0.15, -0.1) is 0 Å². The number of hydrogen-bond acceptors (Lipinski definition) is 0. The summed E-state index contributed by atoms with van der Waals surface area (Å²) in [5, 5.41) is 5.44. The Balaban J connectivity index is 1.92. The summed E-state index contributed by atoms with van der Waals surface area (Å²) in [6, 6.07) is 42.6. The summed E-state index contributed by atoms with van der Waals surface area (Å²) in [5.41, 5.74) is 4.03. The second-order valence-electron chi connectivity index (χ2n) is 9.21. The Bertz CT molecular complexity index is 1250. The van der Waals surface area contributed by atoms with Crippen molar-refractivity contribution in [2.75, 3.05) is 6.66 Å². The van der Waals surface area contributed by atoms with Crippen LogP contribution >= 0.6 is 6.60 Å². The first-order chi connectivity index (χ1) is 16.2. The van der Waals surface area contributed by atoms with Crippen molar-refractivity contribution in [3.8, 4) is 0 Å². The van der Waals surface area contributed by atoms with Crippen LogP contribution in [0.25, 0.3) is 10.9 Å². The van der Waals surface area contributed by atoms with Gasteiger partial charge in [-0.3, -0.25) is 0 Å². The first-order valence-corrected chi connectivity index (χ1v) is 14.6. The van der Waals surface area contributed by atoms with E-state index in [9.17, 15) is 0 Å². The molecule has 0 aliphatic heterocycles. The molecule has 0 amide bonds. The Morgan fingerprint density at radius 2 is 1.15 bits per heavy atom. The number of hydrogen-bond donors (Lipinski definition) is 1. The van der Waals surface area contributed by atoms with Gasteiger partial charge in [-0.2, -0.15) is 0 Å². The van der Waals surface area contributed by atoms with E-state index in [4.69, 9.17) is 0 Å². The molecule has 166 valence electrons. The molecule has 2 heteroatoms. The Hall–Kier alpha value is -3.15. The van der Waals surface area contributed by atoms with Crippen LogP contribution in [0.4, 0.5) is 0 Å². The van der Waals surface area contributed by atoms with Gasteiger partial charge in [-0.1, -0.05) is 0 Å². The Morgan fingerprint density at radius 1 is 0.636 bits per heavy atom. The zero-order chi connectivity index (χ0) is 22.8. The molecule has 5 rings (SSSR count). The van der Waals surface area contributed by atoms with E-state index < -0.39 is 6.60 Å². The van der Waals surface area contributed by atoms with Crippen molar-refractivity contribution in [1.29, 1.82) is 0 Å². The first-order valence-electron chi connectivity index (χ1n) is 12.0. The van der Waals surface area contributed by atoms with Crippen LogP contribution in [0.1, 0.15) is 25.3 Å². The quantitative estimate of drug-likeness (QED) is 0.281. The van der Waals surface area contributed by atoms with Crippen molar-refractivity contribution in [3.05, 3.63) is 121 Å².